The van der Waals surface area contributed by atoms with E-state index in [0.29, 0.717) is 85.0 Å². The minimum Gasteiger partial charge on any atom is -0.381 e. The first-order valence-electron chi connectivity index (χ1n) is 20.2. The molecule has 0 saturated carbocycles. The number of piperidine rings is 1. The van der Waals surface area contributed by atoms with Crippen molar-refractivity contribution in [2.45, 2.75) is 50.7 Å². The topological polar surface area (TPSA) is 169 Å². The molecule has 1 atom stereocenters. The standard InChI is InChI=1S/C44H41F3N8O6/c45-27-16-25(17-28(46)21-27)15-24-1-4-35-32(18-24)40(52-51-35)50-41(57)31-3-2-30(22-36(31)48-29-7-13-61-14-8-29)54-11-9-53(10-12-54)23-26-19-33-39(34(47)20-26)44(60)55(43(33)59)37-5-6-38(56)49-42(37)58/h1-4,16-22,29,37,48H,5-15,23H2,(H,49,56,58)(H2,50,51,52,57). The van der Waals surface area contributed by atoms with Crippen LogP contribution in [0.15, 0.2) is 66.7 Å². The average Bonchev–Trinajstić information content (AvgIpc) is 3.74. The lowest BCUT2D eigenvalue weighted by Crippen LogP contribution is -2.54. The van der Waals surface area contributed by atoms with Crippen LogP contribution in [-0.2, 0) is 27.3 Å². The maximum atomic E-state index is 15.4. The fourth-order valence-electron chi connectivity index (χ4n) is 8.61. The number of ether oxygens (including phenoxy) is 1. The Morgan fingerprint density at radius 3 is 2.34 bits per heavy atom. The first-order chi connectivity index (χ1) is 29.5. The number of fused-ring (bicyclic) bond motifs is 2. The second-order valence-corrected chi connectivity index (χ2v) is 15.8. The van der Waals surface area contributed by atoms with Crippen LogP contribution in [0, 0.1) is 17.5 Å². The first-order valence-corrected chi connectivity index (χ1v) is 20.2. The zero-order valence-corrected chi connectivity index (χ0v) is 32.9. The van der Waals surface area contributed by atoms with Gasteiger partial charge in [0, 0.05) is 81.2 Å². The summed E-state index contributed by atoms with van der Waals surface area (Å²) in [6.07, 6.45) is 1.76. The van der Waals surface area contributed by atoms with Crippen molar-refractivity contribution in [1.29, 1.82) is 0 Å². The Bertz CT molecular complexity index is 2580. The van der Waals surface area contributed by atoms with E-state index < -0.39 is 47.1 Å². The lowest BCUT2D eigenvalue weighted by atomic mass is 10.0. The molecule has 4 N–H and O–H groups in total. The molecule has 61 heavy (non-hydrogen) atoms. The monoisotopic (exact) mass is 834 g/mol. The molecule has 1 aromatic heterocycles. The first kappa shape index (κ1) is 39.8. The van der Waals surface area contributed by atoms with Crippen LogP contribution in [0.5, 0.6) is 0 Å². The van der Waals surface area contributed by atoms with E-state index in [1.807, 2.05) is 30.3 Å². The summed E-state index contributed by atoms with van der Waals surface area (Å²) in [5.41, 5.74) is 3.95. The summed E-state index contributed by atoms with van der Waals surface area (Å²) >= 11 is 0. The zero-order chi connectivity index (χ0) is 42.4. The Kier molecular flexibility index (Phi) is 10.8. The quantitative estimate of drug-likeness (QED) is 0.138. The van der Waals surface area contributed by atoms with Gasteiger partial charge in [-0.1, -0.05) is 6.07 Å². The van der Waals surface area contributed by atoms with Crippen molar-refractivity contribution < 1.29 is 41.9 Å². The summed E-state index contributed by atoms with van der Waals surface area (Å²) in [7, 11) is 0. The number of benzene rings is 4. The number of anilines is 3. The van der Waals surface area contributed by atoms with Gasteiger partial charge in [0.25, 0.3) is 17.7 Å². The van der Waals surface area contributed by atoms with Crippen molar-refractivity contribution in [2.75, 3.05) is 54.9 Å². The van der Waals surface area contributed by atoms with Crippen LogP contribution in [0.1, 0.15) is 73.4 Å². The van der Waals surface area contributed by atoms with Crippen LogP contribution in [0.25, 0.3) is 10.9 Å². The van der Waals surface area contributed by atoms with Gasteiger partial charge >= 0.3 is 0 Å². The molecule has 0 radical (unpaired) electrons. The molecule has 5 aromatic rings. The molecule has 14 nitrogen and oxygen atoms in total. The van der Waals surface area contributed by atoms with Crippen molar-refractivity contribution in [1.82, 2.24) is 25.3 Å². The van der Waals surface area contributed by atoms with Gasteiger partial charge in [-0.15, -0.1) is 0 Å². The molecule has 0 aliphatic carbocycles. The molecule has 314 valence electrons. The Morgan fingerprint density at radius 1 is 0.820 bits per heavy atom. The molecule has 4 aliphatic heterocycles. The second kappa shape index (κ2) is 16.5. The van der Waals surface area contributed by atoms with Gasteiger partial charge in [-0.3, -0.25) is 44.2 Å². The van der Waals surface area contributed by atoms with Crippen molar-refractivity contribution in [3.63, 3.8) is 0 Å². The van der Waals surface area contributed by atoms with Crippen LogP contribution >= 0.6 is 0 Å². The zero-order valence-electron chi connectivity index (χ0n) is 32.9. The number of aromatic amines is 1. The summed E-state index contributed by atoms with van der Waals surface area (Å²) in [5, 5.41) is 16.6. The van der Waals surface area contributed by atoms with E-state index in [9.17, 15) is 32.8 Å². The van der Waals surface area contributed by atoms with E-state index in [1.54, 1.807) is 6.07 Å². The minimum atomic E-state index is -1.18. The Hall–Kier alpha value is -6.59. The van der Waals surface area contributed by atoms with Crippen LogP contribution in [0.4, 0.5) is 30.4 Å². The molecule has 3 saturated heterocycles. The van der Waals surface area contributed by atoms with E-state index >= 15 is 4.39 Å². The largest absolute Gasteiger partial charge is 0.381 e. The third kappa shape index (κ3) is 8.17. The number of nitrogens with one attached hydrogen (secondary N) is 4. The molecular formula is C44H41F3N8O6. The van der Waals surface area contributed by atoms with Gasteiger partial charge in [0.1, 0.15) is 23.5 Å². The van der Waals surface area contributed by atoms with Crippen LogP contribution in [0.3, 0.4) is 0 Å². The molecule has 1 unspecified atom stereocenters. The molecule has 0 bridgehead atoms. The summed E-state index contributed by atoms with van der Waals surface area (Å²) < 4.78 is 48.8. The third-order valence-corrected chi connectivity index (χ3v) is 11.7. The van der Waals surface area contributed by atoms with Gasteiger partial charge in [-0.2, -0.15) is 5.10 Å². The number of nitrogens with zero attached hydrogens (tertiary/aromatic N) is 4. The third-order valence-electron chi connectivity index (χ3n) is 11.7. The normalized spacial score (nSPS) is 18.8. The number of hydrogen-bond donors (Lipinski definition) is 4. The van der Waals surface area contributed by atoms with Gasteiger partial charge in [0.2, 0.25) is 11.8 Å². The molecule has 0 spiro atoms. The SMILES string of the molecule is O=C1CCC(N2C(=O)c3cc(CN4CCN(c5ccc(C(=O)Nc6n[nH]c7ccc(Cc8cc(F)cc(F)c8)cc67)c(NC6CCOCC6)c5)CC4)cc(F)c3C2=O)C(=O)N1. The van der Waals surface area contributed by atoms with Crippen molar-refractivity contribution in [3.05, 3.63) is 118 Å². The smallest absolute Gasteiger partial charge is 0.265 e. The lowest BCUT2D eigenvalue weighted by molar-refractivity contribution is -0.136. The molecular weight excluding hydrogens is 794 g/mol. The highest BCUT2D eigenvalue weighted by Gasteiger charge is 2.46. The summed E-state index contributed by atoms with van der Waals surface area (Å²) in [6.45, 7) is 3.94. The highest BCUT2D eigenvalue weighted by atomic mass is 19.1. The number of amides is 5. The predicted molar refractivity (Wildman–Crippen MR) is 218 cm³/mol. The van der Waals surface area contributed by atoms with E-state index in [1.165, 1.54) is 24.3 Å². The molecule has 4 aliphatic rings. The number of aromatic nitrogens is 2. The molecule has 9 rings (SSSR count). The highest BCUT2D eigenvalue weighted by Crippen LogP contribution is 2.33. The average molecular weight is 835 g/mol. The highest BCUT2D eigenvalue weighted by molar-refractivity contribution is 6.23. The maximum absolute atomic E-state index is 15.4. The van der Waals surface area contributed by atoms with Gasteiger partial charge < -0.3 is 20.3 Å². The van der Waals surface area contributed by atoms with Gasteiger partial charge in [0.05, 0.1) is 22.2 Å². The Balaban J connectivity index is 0.886. The van der Waals surface area contributed by atoms with Crippen molar-refractivity contribution >= 4 is 57.6 Å². The number of hydrogen-bond acceptors (Lipinski definition) is 10. The van der Waals surface area contributed by atoms with E-state index in [0.717, 1.165) is 35.1 Å². The number of rotatable bonds is 10. The van der Waals surface area contributed by atoms with Crippen molar-refractivity contribution in [3.8, 4) is 0 Å². The summed E-state index contributed by atoms with van der Waals surface area (Å²) in [6, 6.07) is 16.2. The molecule has 5 amide bonds. The fraction of sp³-hybridized carbons (Fsp3) is 0.318. The maximum Gasteiger partial charge on any atom is 0.265 e. The molecule has 17 heteroatoms. The Labute approximate surface area is 347 Å². The molecule has 3 fully saturated rings. The van der Waals surface area contributed by atoms with Crippen LogP contribution < -0.4 is 20.9 Å². The minimum absolute atomic E-state index is 0.0198. The van der Waals surface area contributed by atoms with Gasteiger partial charge in [-0.25, -0.2) is 13.2 Å². The number of piperazine rings is 1. The molecule has 5 heterocycles. The summed E-state index contributed by atoms with van der Waals surface area (Å²) in [4.78, 5) is 69.7. The number of halogens is 3. The number of H-pyrrole nitrogens is 1. The number of carbonyl (C=O) groups excluding carboxylic acids is 5. The van der Waals surface area contributed by atoms with Crippen LogP contribution in [0.2, 0.25) is 0 Å². The summed E-state index contributed by atoms with van der Waals surface area (Å²) in [5.74, 6) is -5.10. The fourth-order valence-corrected chi connectivity index (χ4v) is 8.61. The van der Waals surface area contributed by atoms with E-state index in [2.05, 4.69) is 35.9 Å². The Morgan fingerprint density at radius 2 is 1.59 bits per heavy atom. The lowest BCUT2D eigenvalue weighted by Gasteiger charge is -2.36. The van der Waals surface area contributed by atoms with Crippen molar-refractivity contribution in [2.24, 2.45) is 0 Å². The second-order valence-electron chi connectivity index (χ2n) is 15.8. The van der Waals surface area contributed by atoms with Gasteiger partial charge in [0.15, 0.2) is 5.82 Å². The van der Waals surface area contributed by atoms with Gasteiger partial charge in [-0.05, 0) is 97.0 Å². The number of imide groups is 2. The van der Waals surface area contributed by atoms with Crippen LogP contribution in [-0.4, -0.2) is 101 Å². The predicted octanol–water partition coefficient (Wildman–Crippen LogP) is 5.14. The molecule has 4 aromatic carbocycles. The number of carbonyl (C=O) groups is 5. The van der Waals surface area contributed by atoms with E-state index in [-0.39, 0.29) is 42.3 Å². The van der Waals surface area contributed by atoms with E-state index in [4.69, 9.17) is 4.74 Å².